The number of nitrogens with zero attached hydrogens (tertiary/aromatic N) is 2. The molecular weight excluding hydrogens is 238 g/mol. The van der Waals surface area contributed by atoms with Gasteiger partial charge in [-0.25, -0.2) is 9.97 Å². The van der Waals surface area contributed by atoms with Gasteiger partial charge in [0.2, 0.25) is 0 Å². The van der Waals surface area contributed by atoms with Crippen molar-refractivity contribution in [3.05, 3.63) is 17.6 Å². The lowest BCUT2D eigenvalue weighted by Gasteiger charge is -2.39. The van der Waals surface area contributed by atoms with Crippen molar-refractivity contribution < 1.29 is 4.74 Å². The van der Waals surface area contributed by atoms with Gasteiger partial charge in [-0.3, -0.25) is 0 Å². The van der Waals surface area contributed by atoms with Crippen molar-refractivity contribution in [2.45, 2.75) is 52.1 Å². The Morgan fingerprint density at radius 3 is 2.58 bits per heavy atom. The van der Waals surface area contributed by atoms with Crippen molar-refractivity contribution in [1.29, 1.82) is 0 Å². The van der Waals surface area contributed by atoms with Crippen molar-refractivity contribution in [1.82, 2.24) is 9.97 Å². The Kier molecular flexibility index (Phi) is 4.40. The maximum atomic E-state index is 5.70. The van der Waals surface area contributed by atoms with Crippen LogP contribution < -0.4 is 5.32 Å². The summed E-state index contributed by atoms with van der Waals surface area (Å²) >= 11 is 0. The number of nitrogens with one attached hydrogen (secondary N) is 1. The molecule has 0 aliphatic heterocycles. The number of methoxy groups -OCH3 is 1. The fourth-order valence-corrected chi connectivity index (χ4v) is 2.51. The van der Waals surface area contributed by atoms with Crippen LogP contribution in [0.2, 0.25) is 0 Å². The van der Waals surface area contributed by atoms with E-state index < -0.39 is 0 Å². The van der Waals surface area contributed by atoms with Crippen LogP contribution in [0.3, 0.4) is 0 Å². The maximum Gasteiger partial charge on any atom is 0.162 e. The molecule has 0 bridgehead atoms. The number of ether oxygens (including phenoxy) is 1. The van der Waals surface area contributed by atoms with Gasteiger partial charge >= 0.3 is 0 Å². The molecule has 0 spiro atoms. The minimum absolute atomic E-state index is 0.239. The van der Waals surface area contributed by atoms with E-state index in [9.17, 15) is 0 Å². The first kappa shape index (κ1) is 14.3. The predicted octanol–water partition coefficient (Wildman–Crippen LogP) is 3.13. The molecule has 1 heterocycles. The highest BCUT2D eigenvalue weighted by molar-refractivity contribution is 5.37. The van der Waals surface area contributed by atoms with Crippen LogP contribution in [-0.4, -0.2) is 23.6 Å². The third kappa shape index (κ3) is 3.06. The molecule has 1 fully saturated rings. The lowest BCUT2D eigenvalue weighted by molar-refractivity contribution is -0.0847. The molecule has 1 aliphatic rings. The lowest BCUT2D eigenvalue weighted by atomic mass is 9.79. The number of anilines is 1. The van der Waals surface area contributed by atoms with Crippen LogP contribution in [0.1, 0.15) is 51.6 Å². The molecular formula is C15H25N3O. The summed E-state index contributed by atoms with van der Waals surface area (Å²) in [6, 6.07) is 2.06. The molecule has 0 atom stereocenters. The van der Waals surface area contributed by atoms with Crippen LogP contribution in [0.4, 0.5) is 5.82 Å². The van der Waals surface area contributed by atoms with E-state index in [-0.39, 0.29) is 5.60 Å². The van der Waals surface area contributed by atoms with Crippen molar-refractivity contribution in [3.63, 3.8) is 0 Å². The second-order valence-corrected chi connectivity index (χ2v) is 5.75. The molecule has 4 heteroatoms. The summed E-state index contributed by atoms with van der Waals surface area (Å²) in [6.45, 7) is 7.38. The number of hydrogen-bond acceptors (Lipinski definition) is 4. The summed E-state index contributed by atoms with van der Waals surface area (Å²) < 4.78 is 5.70. The largest absolute Gasteiger partial charge is 0.370 e. The summed E-state index contributed by atoms with van der Waals surface area (Å²) in [7, 11) is 1.77. The lowest BCUT2D eigenvalue weighted by Crippen LogP contribution is -2.38. The molecule has 1 aliphatic carbocycles. The molecule has 1 saturated carbocycles. The van der Waals surface area contributed by atoms with Gasteiger partial charge in [-0.15, -0.1) is 0 Å². The van der Waals surface area contributed by atoms with Gasteiger partial charge in [0.1, 0.15) is 11.4 Å². The second kappa shape index (κ2) is 5.87. The Balaban J connectivity index is 2.33. The van der Waals surface area contributed by atoms with Crippen molar-refractivity contribution in [2.24, 2.45) is 5.92 Å². The van der Waals surface area contributed by atoms with Crippen LogP contribution >= 0.6 is 0 Å². The Morgan fingerprint density at radius 1 is 1.37 bits per heavy atom. The molecule has 106 valence electrons. The van der Waals surface area contributed by atoms with Gasteiger partial charge in [-0.1, -0.05) is 13.8 Å². The maximum absolute atomic E-state index is 5.70. The minimum atomic E-state index is -0.239. The average molecular weight is 263 g/mol. The van der Waals surface area contributed by atoms with E-state index in [1.54, 1.807) is 7.11 Å². The SMILES string of the molecule is CCNc1cc(CC(C)C)nc(C2(OC)CCC2)n1. The quantitative estimate of drug-likeness (QED) is 0.856. The minimum Gasteiger partial charge on any atom is -0.370 e. The van der Waals surface area contributed by atoms with Gasteiger partial charge in [-0.2, -0.15) is 0 Å². The zero-order valence-electron chi connectivity index (χ0n) is 12.5. The molecule has 1 aromatic rings. The number of hydrogen-bond donors (Lipinski definition) is 1. The molecule has 4 nitrogen and oxygen atoms in total. The first-order valence-corrected chi connectivity index (χ1v) is 7.27. The Hall–Kier alpha value is -1.16. The molecule has 1 N–H and O–H groups in total. The standard InChI is InChI=1S/C15H25N3O/c1-5-16-13-10-12(9-11(2)3)17-14(18-13)15(19-4)7-6-8-15/h10-11H,5-9H2,1-4H3,(H,16,17,18). The zero-order chi connectivity index (χ0) is 13.9. The van der Waals surface area contributed by atoms with Crippen LogP contribution in [0, 0.1) is 5.92 Å². The monoisotopic (exact) mass is 263 g/mol. The van der Waals surface area contributed by atoms with Crippen LogP contribution in [0.15, 0.2) is 6.07 Å². The van der Waals surface area contributed by atoms with Crippen molar-refractivity contribution >= 4 is 5.82 Å². The summed E-state index contributed by atoms with van der Waals surface area (Å²) in [4.78, 5) is 9.39. The highest BCUT2D eigenvalue weighted by Gasteiger charge is 2.42. The summed E-state index contributed by atoms with van der Waals surface area (Å²) in [5.74, 6) is 2.37. The van der Waals surface area contributed by atoms with E-state index in [1.165, 1.54) is 6.42 Å². The summed E-state index contributed by atoms with van der Waals surface area (Å²) in [5.41, 5.74) is 0.872. The third-order valence-corrected chi connectivity index (χ3v) is 3.71. The first-order valence-electron chi connectivity index (χ1n) is 7.27. The predicted molar refractivity (Wildman–Crippen MR) is 77.3 cm³/mol. The van der Waals surface area contributed by atoms with E-state index in [0.29, 0.717) is 5.92 Å². The normalized spacial score (nSPS) is 17.3. The van der Waals surface area contributed by atoms with E-state index >= 15 is 0 Å². The van der Waals surface area contributed by atoms with Gasteiger partial charge < -0.3 is 10.1 Å². The van der Waals surface area contributed by atoms with Crippen molar-refractivity contribution in [2.75, 3.05) is 19.0 Å². The fraction of sp³-hybridized carbons (Fsp3) is 0.733. The van der Waals surface area contributed by atoms with E-state index in [4.69, 9.17) is 9.72 Å². The Bertz CT molecular complexity index is 422. The van der Waals surface area contributed by atoms with Gasteiger partial charge in [0.05, 0.1) is 0 Å². The molecule has 0 radical (unpaired) electrons. The smallest absolute Gasteiger partial charge is 0.162 e. The van der Waals surface area contributed by atoms with Crippen molar-refractivity contribution in [3.8, 4) is 0 Å². The Morgan fingerprint density at radius 2 is 2.11 bits per heavy atom. The Labute approximate surface area is 116 Å². The highest BCUT2D eigenvalue weighted by Crippen LogP contribution is 2.42. The molecule has 0 unspecified atom stereocenters. The number of rotatable bonds is 6. The summed E-state index contributed by atoms with van der Waals surface area (Å²) in [6.07, 6.45) is 4.23. The topological polar surface area (TPSA) is 47.0 Å². The molecule has 1 aromatic heterocycles. The second-order valence-electron chi connectivity index (χ2n) is 5.75. The van der Waals surface area contributed by atoms with Gasteiger partial charge in [-0.05, 0) is 38.5 Å². The molecule has 19 heavy (non-hydrogen) atoms. The molecule has 0 amide bonds. The van der Waals surface area contributed by atoms with Gasteiger partial charge in [0, 0.05) is 25.4 Å². The van der Waals surface area contributed by atoms with Gasteiger partial charge in [0.15, 0.2) is 5.82 Å². The van der Waals surface area contributed by atoms with Crippen LogP contribution in [0.5, 0.6) is 0 Å². The fourth-order valence-electron chi connectivity index (χ4n) is 2.51. The average Bonchev–Trinajstić information content (AvgIpc) is 2.27. The first-order chi connectivity index (χ1) is 9.09. The number of aromatic nitrogens is 2. The van der Waals surface area contributed by atoms with Gasteiger partial charge in [0.25, 0.3) is 0 Å². The summed E-state index contributed by atoms with van der Waals surface area (Å²) in [5, 5.41) is 3.30. The highest BCUT2D eigenvalue weighted by atomic mass is 16.5. The molecule has 2 rings (SSSR count). The third-order valence-electron chi connectivity index (χ3n) is 3.71. The van der Waals surface area contributed by atoms with E-state index in [2.05, 4.69) is 37.1 Å². The van der Waals surface area contributed by atoms with E-state index in [0.717, 1.165) is 43.1 Å². The van der Waals surface area contributed by atoms with Crippen LogP contribution in [0.25, 0.3) is 0 Å². The van der Waals surface area contributed by atoms with Crippen LogP contribution in [-0.2, 0) is 16.8 Å². The molecule has 0 aromatic carbocycles. The molecule has 0 saturated heterocycles. The zero-order valence-corrected chi connectivity index (χ0v) is 12.5. The van der Waals surface area contributed by atoms with E-state index in [1.807, 2.05) is 0 Å².